The maximum atomic E-state index is 11.9. The molecule has 82 heavy (non-hydrogen) atoms. The van der Waals surface area contributed by atoms with Crippen LogP contribution in [0.1, 0.15) is 25.0 Å². The molecule has 0 radical (unpaired) electrons. The number of aryl methyl sites for hydroxylation is 1. The quantitative estimate of drug-likeness (QED) is 0.0352. The minimum atomic E-state index is -1.62. The lowest BCUT2D eigenvalue weighted by molar-refractivity contribution is -0.306. The average Bonchev–Trinajstić information content (AvgIpc) is 4.47. The zero-order valence-corrected chi connectivity index (χ0v) is 45.4. The number of rotatable bonds is 19. The van der Waals surface area contributed by atoms with Crippen molar-refractivity contribution < 1.29 is 63.8 Å². The second-order valence-corrected chi connectivity index (χ2v) is 22.2. The standard InChI is InChI=1S/C54H77N15O13/c1-67-13-15-68(16-14-67)28-8-12-33-35(19-28)64-51(62-33)26-7-11-32-34(18-26)63-50(61-32)25-5-9-29(10-6-25)76-17-3-2-4-27-23-69(66-65-27)24-38-48(81-53-40(60)45(74)43(72)37(22-56)78-53)46(75)54(79-38)82-49-41(70)30(57)20-31(58)47(49)80-52-39(59)44(73)42(71)36(21-55)77-52/h5-12,18-19,23,30-31,36-49,52-54,70-75H,2-4,13-17,20-22,24,55-60H2,1H3,(H,61,63)(H,62,64)/t30-,31?,36?,37?,38-,39?,40?,41?,42-,43-,44?,45?,46?,47-,48?,49?,52+,53-,54+/m1/s1. The predicted molar refractivity (Wildman–Crippen MR) is 296 cm³/mol. The number of hydrogen-bond donors (Lipinski definition) is 14. The van der Waals surface area contributed by atoms with Gasteiger partial charge in [0.1, 0.15) is 84.5 Å². The molecule has 3 aromatic carbocycles. The molecule has 1 aliphatic carbocycles. The molecule has 19 atom stereocenters. The van der Waals surface area contributed by atoms with Gasteiger partial charge in [0, 0.05) is 74.4 Å². The van der Waals surface area contributed by atoms with Gasteiger partial charge in [0.15, 0.2) is 18.9 Å². The van der Waals surface area contributed by atoms with Gasteiger partial charge in [0.2, 0.25) is 0 Å². The number of likely N-dealkylation sites (N-methyl/N-ethyl adjacent to an activating group) is 1. The number of H-pyrrole nitrogens is 2. The number of aliphatic hydroxyl groups is 6. The Morgan fingerprint density at radius 1 is 0.610 bits per heavy atom. The largest absolute Gasteiger partial charge is 0.494 e. The molecule has 7 heterocycles. The number of aromatic amines is 2. The Morgan fingerprint density at radius 2 is 1.20 bits per heavy atom. The topological polar surface area (TPSA) is 437 Å². The van der Waals surface area contributed by atoms with Gasteiger partial charge in [-0.1, -0.05) is 5.21 Å². The Bertz CT molecular complexity index is 3050. The van der Waals surface area contributed by atoms with Crippen LogP contribution in [0.3, 0.4) is 0 Å². The Kier molecular flexibility index (Phi) is 17.8. The van der Waals surface area contributed by atoms with Gasteiger partial charge in [-0.25, -0.2) is 14.6 Å². The van der Waals surface area contributed by atoms with Crippen LogP contribution in [-0.2, 0) is 41.4 Å². The van der Waals surface area contributed by atoms with Crippen molar-refractivity contribution in [2.45, 2.75) is 149 Å². The molecular weight excluding hydrogens is 1070 g/mol. The highest BCUT2D eigenvalue weighted by Gasteiger charge is 2.55. The molecule has 4 aliphatic heterocycles. The van der Waals surface area contributed by atoms with Gasteiger partial charge in [-0.05, 0) is 93.4 Å². The highest BCUT2D eigenvalue weighted by Crippen LogP contribution is 2.36. The van der Waals surface area contributed by atoms with Crippen molar-refractivity contribution in [3.8, 4) is 28.5 Å². The minimum Gasteiger partial charge on any atom is -0.494 e. The number of piperazine rings is 1. The summed E-state index contributed by atoms with van der Waals surface area (Å²) in [7, 11) is 2.16. The minimum absolute atomic E-state index is 0.0469. The molecule has 0 bridgehead atoms. The maximum absolute atomic E-state index is 11.9. The molecule has 11 unspecified atom stereocenters. The third-order valence-corrected chi connectivity index (χ3v) is 16.5. The summed E-state index contributed by atoms with van der Waals surface area (Å²) in [6.07, 6.45) is -16.3. The number of nitrogens with two attached hydrogens (primary N) is 6. The summed E-state index contributed by atoms with van der Waals surface area (Å²) in [4.78, 5) is 21.5. The van der Waals surface area contributed by atoms with Crippen LogP contribution in [0.25, 0.3) is 44.8 Å². The molecule has 5 aliphatic rings. The summed E-state index contributed by atoms with van der Waals surface area (Å²) < 4.78 is 44.4. The van der Waals surface area contributed by atoms with Crippen LogP contribution in [0.5, 0.6) is 5.75 Å². The lowest BCUT2D eigenvalue weighted by Gasteiger charge is -2.47. The monoisotopic (exact) mass is 1140 g/mol. The normalized spacial score (nSPS) is 34.8. The molecule has 6 aromatic rings. The number of aliphatic hydroxyl groups excluding tert-OH is 6. The van der Waals surface area contributed by atoms with E-state index in [4.69, 9.17) is 77.5 Å². The second-order valence-electron chi connectivity index (χ2n) is 22.2. The van der Waals surface area contributed by atoms with Gasteiger partial charge in [-0.3, -0.25) is 0 Å². The summed E-state index contributed by atoms with van der Waals surface area (Å²) >= 11 is 0. The lowest BCUT2D eigenvalue weighted by Crippen LogP contribution is -2.68. The van der Waals surface area contributed by atoms with Crippen molar-refractivity contribution in [1.29, 1.82) is 0 Å². The van der Waals surface area contributed by atoms with E-state index in [0.29, 0.717) is 30.9 Å². The summed E-state index contributed by atoms with van der Waals surface area (Å²) in [6.45, 7) is 4.13. The van der Waals surface area contributed by atoms with Crippen molar-refractivity contribution in [2.75, 3.05) is 57.8 Å². The van der Waals surface area contributed by atoms with Crippen LogP contribution in [-0.4, -0.2) is 240 Å². The van der Waals surface area contributed by atoms with E-state index in [1.54, 1.807) is 6.20 Å². The fourth-order valence-corrected chi connectivity index (χ4v) is 11.5. The molecule has 5 fully saturated rings. The van der Waals surface area contributed by atoms with Crippen LogP contribution in [0, 0.1) is 0 Å². The van der Waals surface area contributed by atoms with Crippen LogP contribution < -0.4 is 44.0 Å². The Labute approximate surface area is 471 Å². The van der Waals surface area contributed by atoms with E-state index in [9.17, 15) is 30.6 Å². The number of nitrogens with one attached hydrogen (secondary N) is 2. The molecule has 446 valence electrons. The van der Waals surface area contributed by atoms with Gasteiger partial charge < -0.3 is 118 Å². The summed E-state index contributed by atoms with van der Waals surface area (Å²) in [5.41, 5.74) is 44.4. The molecule has 28 heteroatoms. The van der Waals surface area contributed by atoms with Gasteiger partial charge in [-0.15, -0.1) is 5.10 Å². The van der Waals surface area contributed by atoms with E-state index in [1.807, 2.05) is 36.4 Å². The average molecular weight is 1140 g/mol. The fourth-order valence-electron chi connectivity index (χ4n) is 11.5. The van der Waals surface area contributed by atoms with E-state index in [-0.39, 0.29) is 26.1 Å². The first-order valence-electron chi connectivity index (χ1n) is 28.0. The smallest absolute Gasteiger partial charge is 0.187 e. The van der Waals surface area contributed by atoms with Crippen LogP contribution >= 0.6 is 0 Å². The number of ether oxygens (including phenoxy) is 7. The highest BCUT2D eigenvalue weighted by atomic mass is 16.8. The zero-order valence-electron chi connectivity index (χ0n) is 45.4. The first-order chi connectivity index (χ1) is 39.5. The summed E-state index contributed by atoms with van der Waals surface area (Å²) in [6, 6.07) is 16.0. The number of hydrogen-bond acceptors (Lipinski definition) is 25. The molecule has 1 saturated carbocycles. The predicted octanol–water partition coefficient (Wildman–Crippen LogP) is -3.36. The number of unbranched alkanes of at least 4 members (excludes halogenated alkanes) is 1. The number of aromatic nitrogens is 7. The third-order valence-electron chi connectivity index (χ3n) is 16.5. The number of anilines is 1. The van der Waals surface area contributed by atoms with E-state index in [1.165, 1.54) is 10.4 Å². The lowest BCUT2D eigenvalue weighted by atomic mass is 9.84. The molecule has 28 nitrogen and oxygen atoms in total. The van der Waals surface area contributed by atoms with Crippen LogP contribution in [0.4, 0.5) is 5.69 Å². The van der Waals surface area contributed by atoms with Gasteiger partial charge >= 0.3 is 0 Å². The summed E-state index contributed by atoms with van der Waals surface area (Å²) in [5.74, 6) is 2.25. The highest BCUT2D eigenvalue weighted by molar-refractivity contribution is 5.87. The number of nitrogens with zero attached hydrogens (tertiary/aromatic N) is 7. The van der Waals surface area contributed by atoms with Crippen molar-refractivity contribution in [2.24, 2.45) is 34.4 Å². The van der Waals surface area contributed by atoms with Crippen LogP contribution in [0.2, 0.25) is 0 Å². The fraction of sp³-hybridized carbons (Fsp3) is 0.593. The molecule has 20 N–H and O–H groups in total. The molecular formula is C54H77N15O13. The molecule has 3 aromatic heterocycles. The third kappa shape index (κ3) is 12.2. The van der Waals surface area contributed by atoms with Crippen molar-refractivity contribution in [3.05, 3.63) is 72.6 Å². The van der Waals surface area contributed by atoms with Crippen molar-refractivity contribution in [1.82, 2.24) is 39.8 Å². The van der Waals surface area contributed by atoms with E-state index >= 15 is 0 Å². The molecule has 0 spiro atoms. The number of benzene rings is 3. The first-order valence-corrected chi connectivity index (χ1v) is 28.0. The Morgan fingerprint density at radius 3 is 1.85 bits per heavy atom. The zero-order chi connectivity index (χ0) is 57.5. The molecule has 4 saturated heterocycles. The van der Waals surface area contributed by atoms with Gasteiger partial charge in [0.25, 0.3) is 0 Å². The molecule has 11 rings (SSSR count). The Hall–Kier alpha value is -5.42. The molecule has 0 amide bonds. The van der Waals surface area contributed by atoms with E-state index in [0.717, 1.165) is 77.4 Å². The first kappa shape index (κ1) is 58.4. The Balaban J connectivity index is 0.698. The number of imidazole rings is 2. The van der Waals surface area contributed by atoms with Crippen molar-refractivity contribution in [3.63, 3.8) is 0 Å². The van der Waals surface area contributed by atoms with E-state index < -0.39 is 116 Å². The maximum Gasteiger partial charge on any atom is 0.187 e. The van der Waals surface area contributed by atoms with Crippen molar-refractivity contribution >= 4 is 27.8 Å². The SMILES string of the molecule is CN1CCN(c2ccc3nc(-c4ccc5nc(-c6ccc(OCCCCc7cn(C[C@H]8O[C@@H](OC9C(O)[C@H](N)CC(N)[C@H]9O[C@@H]9OC(CN)[C@@H](O)C(O)C9N)C(O)C8O[C@H]8OC(CN)[C@@H](O)C(O)C8N)nn7)cc6)[nH]c5c4)[nH]c3c2)CC1. The summed E-state index contributed by atoms with van der Waals surface area (Å²) in [5, 5.41) is 74.6. The number of fused-ring (bicyclic) bond motifs is 2. The van der Waals surface area contributed by atoms with Gasteiger partial charge in [0.05, 0.1) is 59.1 Å². The second kappa shape index (κ2) is 25.0. The van der Waals surface area contributed by atoms with Crippen LogP contribution in [0.15, 0.2) is 66.9 Å². The van der Waals surface area contributed by atoms with E-state index in [2.05, 4.69) is 61.4 Å². The van der Waals surface area contributed by atoms with Gasteiger partial charge in [-0.2, -0.15) is 0 Å².